The zero-order valence-electron chi connectivity index (χ0n) is 10.2. The van der Waals surface area contributed by atoms with Gasteiger partial charge in [0.2, 0.25) is 12.2 Å². The summed E-state index contributed by atoms with van der Waals surface area (Å²) in [5, 5.41) is 0. The van der Waals surface area contributed by atoms with Crippen LogP contribution in [0.2, 0.25) is 0 Å². The molecule has 4 heteroatoms. The van der Waals surface area contributed by atoms with E-state index in [1.807, 2.05) is 12.1 Å². The van der Waals surface area contributed by atoms with E-state index < -0.39 is 0 Å². The van der Waals surface area contributed by atoms with Crippen LogP contribution in [0.1, 0.15) is 0 Å². The maximum Gasteiger partial charge on any atom is 0.236 e. The number of nitrogens with zero attached hydrogens (tertiary/aromatic N) is 2. The normalized spacial score (nSPS) is 8.21. The number of hydrogen-bond donors (Lipinski definition) is 0. The van der Waals surface area contributed by atoms with Crippen molar-refractivity contribution in [2.75, 3.05) is 6.67 Å². The molecule has 0 spiro atoms. The van der Waals surface area contributed by atoms with Crippen molar-refractivity contribution < 1.29 is 9.59 Å². The summed E-state index contributed by atoms with van der Waals surface area (Å²) in [6, 6.07) is 20.8. The number of isocyanates is 2. The van der Waals surface area contributed by atoms with Gasteiger partial charge in [0.1, 0.15) is 0 Å². The molecule has 0 aromatic heterocycles. The van der Waals surface area contributed by atoms with Crippen molar-refractivity contribution in [3.05, 3.63) is 60.7 Å². The van der Waals surface area contributed by atoms with E-state index in [4.69, 9.17) is 0 Å². The molecule has 94 valence electrons. The third-order valence-electron chi connectivity index (χ3n) is 2.15. The molecular formula is C15H12N2O2. The molecule has 0 atom stereocenters. The second kappa shape index (κ2) is 9.25. The summed E-state index contributed by atoms with van der Waals surface area (Å²) in [4.78, 5) is 24.2. The molecule has 0 unspecified atom stereocenters. The molecule has 0 radical (unpaired) electrons. The standard InChI is InChI=1S/C12H10.C3H2N2O2/c1-3-7-11(8-4-1)12-9-5-2-6-10-12;6-2-4-1-5-3-7/h1-10H;1H2. The van der Waals surface area contributed by atoms with Gasteiger partial charge in [0, 0.05) is 0 Å². The van der Waals surface area contributed by atoms with Crippen molar-refractivity contribution in [2.45, 2.75) is 0 Å². The summed E-state index contributed by atoms with van der Waals surface area (Å²) in [7, 11) is 0. The fraction of sp³-hybridized carbons (Fsp3) is 0.0667. The third-order valence-corrected chi connectivity index (χ3v) is 2.15. The average Bonchev–Trinajstić information content (AvgIpc) is 2.50. The van der Waals surface area contributed by atoms with E-state index >= 15 is 0 Å². The number of aliphatic imine (C=N–C) groups is 2. The van der Waals surface area contributed by atoms with E-state index in [9.17, 15) is 9.59 Å². The second-order valence-electron chi connectivity index (χ2n) is 3.37. The molecule has 0 fully saturated rings. The maximum atomic E-state index is 9.20. The second-order valence-corrected chi connectivity index (χ2v) is 3.37. The van der Waals surface area contributed by atoms with Crippen LogP contribution >= 0.6 is 0 Å². The van der Waals surface area contributed by atoms with Gasteiger partial charge in [-0.1, -0.05) is 60.7 Å². The Hall–Kier alpha value is -2.80. The first-order valence-corrected chi connectivity index (χ1v) is 5.56. The quantitative estimate of drug-likeness (QED) is 0.622. The van der Waals surface area contributed by atoms with E-state index in [-0.39, 0.29) is 6.67 Å². The van der Waals surface area contributed by atoms with Crippen LogP contribution in [-0.4, -0.2) is 18.8 Å². The van der Waals surface area contributed by atoms with E-state index in [1.54, 1.807) is 0 Å². The lowest BCUT2D eigenvalue weighted by atomic mass is 10.1. The molecule has 2 aromatic rings. The first-order chi connectivity index (χ1) is 9.38. The van der Waals surface area contributed by atoms with Crippen LogP contribution in [0, 0.1) is 0 Å². The molecule has 0 saturated carbocycles. The number of carbonyl (C=O) groups excluding carboxylic acids is 2. The van der Waals surface area contributed by atoms with Crippen LogP contribution in [0.25, 0.3) is 11.1 Å². The largest absolute Gasteiger partial charge is 0.236 e. The highest BCUT2D eigenvalue weighted by atomic mass is 16.1. The Morgan fingerprint density at radius 3 is 1.37 bits per heavy atom. The summed E-state index contributed by atoms with van der Waals surface area (Å²) in [6.07, 6.45) is 2.41. The predicted octanol–water partition coefficient (Wildman–Crippen LogP) is 2.97. The molecule has 0 saturated heterocycles. The van der Waals surface area contributed by atoms with E-state index in [2.05, 4.69) is 58.5 Å². The monoisotopic (exact) mass is 252 g/mol. The van der Waals surface area contributed by atoms with Gasteiger partial charge in [-0.15, -0.1) is 0 Å². The van der Waals surface area contributed by atoms with Crippen molar-refractivity contribution in [1.29, 1.82) is 0 Å². The maximum absolute atomic E-state index is 9.20. The highest BCUT2D eigenvalue weighted by molar-refractivity contribution is 5.62. The highest BCUT2D eigenvalue weighted by Crippen LogP contribution is 2.17. The smallest absolute Gasteiger partial charge is 0.211 e. The third kappa shape index (κ3) is 5.89. The number of rotatable bonds is 3. The van der Waals surface area contributed by atoms with Gasteiger partial charge in [-0.25, -0.2) is 9.59 Å². The lowest BCUT2D eigenvalue weighted by molar-refractivity contribution is 0.560. The van der Waals surface area contributed by atoms with Gasteiger partial charge < -0.3 is 0 Å². The van der Waals surface area contributed by atoms with E-state index in [1.165, 1.54) is 23.3 Å². The summed E-state index contributed by atoms with van der Waals surface area (Å²) in [6.45, 7) is -0.160. The summed E-state index contributed by atoms with van der Waals surface area (Å²) in [5.74, 6) is 0. The van der Waals surface area contributed by atoms with Crippen LogP contribution in [0.4, 0.5) is 0 Å². The zero-order chi connectivity index (χ0) is 13.8. The SMILES string of the molecule is O=C=NCN=C=O.c1ccc(-c2ccccc2)cc1. The van der Waals surface area contributed by atoms with Crippen LogP contribution in [-0.2, 0) is 9.59 Å². The molecular weight excluding hydrogens is 240 g/mol. The Balaban J connectivity index is 0.000000224. The number of benzene rings is 2. The molecule has 0 aliphatic rings. The lowest BCUT2D eigenvalue weighted by Crippen LogP contribution is -1.73. The van der Waals surface area contributed by atoms with Gasteiger partial charge in [0.15, 0.2) is 6.67 Å². The van der Waals surface area contributed by atoms with Crippen LogP contribution < -0.4 is 0 Å². The van der Waals surface area contributed by atoms with Gasteiger partial charge in [-0.2, -0.15) is 9.98 Å². The predicted molar refractivity (Wildman–Crippen MR) is 73.0 cm³/mol. The number of hydrogen-bond acceptors (Lipinski definition) is 4. The molecule has 4 nitrogen and oxygen atoms in total. The Bertz CT molecular complexity index is 516. The zero-order valence-corrected chi connectivity index (χ0v) is 10.2. The van der Waals surface area contributed by atoms with Gasteiger partial charge >= 0.3 is 0 Å². The first-order valence-electron chi connectivity index (χ1n) is 5.56. The van der Waals surface area contributed by atoms with Crippen LogP contribution in [0.5, 0.6) is 0 Å². The summed E-state index contributed by atoms with van der Waals surface area (Å²) < 4.78 is 0. The van der Waals surface area contributed by atoms with Gasteiger partial charge in [0.05, 0.1) is 0 Å². The molecule has 2 rings (SSSR count). The van der Waals surface area contributed by atoms with Gasteiger partial charge in [0.25, 0.3) is 0 Å². The molecule has 2 aromatic carbocycles. The van der Waals surface area contributed by atoms with Gasteiger partial charge in [-0.3, -0.25) is 0 Å². The van der Waals surface area contributed by atoms with Crippen molar-refractivity contribution in [1.82, 2.24) is 0 Å². The summed E-state index contributed by atoms with van der Waals surface area (Å²) >= 11 is 0. The lowest BCUT2D eigenvalue weighted by Gasteiger charge is -1.98. The van der Waals surface area contributed by atoms with Crippen molar-refractivity contribution in [2.24, 2.45) is 9.98 Å². The minimum absolute atomic E-state index is 0.160. The minimum Gasteiger partial charge on any atom is -0.211 e. The van der Waals surface area contributed by atoms with E-state index in [0.29, 0.717) is 0 Å². The molecule has 0 bridgehead atoms. The van der Waals surface area contributed by atoms with Crippen LogP contribution in [0.15, 0.2) is 70.6 Å². The fourth-order valence-electron chi connectivity index (χ4n) is 1.35. The molecule has 0 N–H and O–H groups in total. The molecule has 0 aliphatic heterocycles. The Morgan fingerprint density at radius 1 is 0.684 bits per heavy atom. The highest BCUT2D eigenvalue weighted by Gasteiger charge is 1.91. The molecule has 0 amide bonds. The van der Waals surface area contributed by atoms with Crippen LogP contribution in [0.3, 0.4) is 0 Å². The van der Waals surface area contributed by atoms with Crippen molar-refractivity contribution >= 4 is 12.2 Å². The Morgan fingerprint density at radius 2 is 1.05 bits per heavy atom. The first kappa shape index (κ1) is 14.3. The molecule has 19 heavy (non-hydrogen) atoms. The summed E-state index contributed by atoms with van der Waals surface area (Å²) in [5.41, 5.74) is 2.55. The van der Waals surface area contributed by atoms with Gasteiger partial charge in [-0.05, 0) is 11.1 Å². The minimum atomic E-state index is -0.160. The van der Waals surface area contributed by atoms with Crippen molar-refractivity contribution in [3.8, 4) is 11.1 Å². The fourth-order valence-corrected chi connectivity index (χ4v) is 1.35. The van der Waals surface area contributed by atoms with Crippen molar-refractivity contribution in [3.63, 3.8) is 0 Å². The topological polar surface area (TPSA) is 58.9 Å². The Kier molecular flexibility index (Phi) is 6.95. The molecule has 0 heterocycles. The average molecular weight is 252 g/mol. The Labute approximate surface area is 111 Å². The van der Waals surface area contributed by atoms with E-state index in [0.717, 1.165) is 0 Å². The molecule has 0 aliphatic carbocycles.